The Hall–Kier alpha value is -2.70. The molecular formula is C17H16N2O5S2. The molecule has 0 aliphatic heterocycles. The summed E-state index contributed by atoms with van der Waals surface area (Å²) in [5, 5.41) is 11.8. The van der Waals surface area contributed by atoms with Crippen LogP contribution in [0.2, 0.25) is 0 Å². The third-order valence-electron chi connectivity index (χ3n) is 3.58. The van der Waals surface area contributed by atoms with Crippen molar-refractivity contribution in [2.75, 3.05) is 18.2 Å². The molecule has 9 heteroatoms. The number of carbonyl (C=O) groups is 2. The maximum Gasteiger partial charge on any atom is 0.348 e. The predicted octanol–water partition coefficient (Wildman–Crippen LogP) is 2.44. The summed E-state index contributed by atoms with van der Waals surface area (Å²) in [5.74, 6) is -2.19. The number of hydrogen-bond donors (Lipinski definition) is 1. The van der Waals surface area contributed by atoms with Gasteiger partial charge < -0.3 is 10.1 Å². The number of esters is 1. The van der Waals surface area contributed by atoms with E-state index in [1.54, 1.807) is 19.1 Å². The van der Waals surface area contributed by atoms with Crippen molar-refractivity contribution in [2.45, 2.75) is 18.7 Å². The molecule has 1 aromatic carbocycles. The number of anilines is 1. The third-order valence-corrected chi connectivity index (χ3v) is 6.40. The fraction of sp³-hybridized carbons (Fsp3) is 0.235. The van der Waals surface area contributed by atoms with Gasteiger partial charge in [-0.3, -0.25) is 4.79 Å². The second-order valence-electron chi connectivity index (χ2n) is 5.48. The monoisotopic (exact) mass is 392 g/mol. The number of carbonyl (C=O) groups excluding carboxylic acids is 2. The second-order valence-corrected chi connectivity index (χ2v) is 8.49. The molecule has 0 radical (unpaired) electrons. The first kappa shape index (κ1) is 19.6. The third kappa shape index (κ3) is 4.09. The number of aryl methyl sites for hydroxylation is 1. The molecule has 136 valence electrons. The Kier molecular flexibility index (Phi) is 5.79. The minimum absolute atomic E-state index is 0.0383. The van der Waals surface area contributed by atoms with Gasteiger partial charge in [0.1, 0.15) is 21.7 Å². The number of thiophene rings is 1. The first-order valence-corrected chi connectivity index (χ1v) is 9.87. The van der Waals surface area contributed by atoms with Crippen LogP contribution in [0.15, 0.2) is 29.2 Å². The van der Waals surface area contributed by atoms with Crippen molar-refractivity contribution < 1.29 is 22.7 Å². The highest BCUT2D eigenvalue weighted by molar-refractivity contribution is 7.92. The number of rotatable bonds is 5. The molecular weight excluding hydrogens is 376 g/mol. The zero-order valence-corrected chi connectivity index (χ0v) is 16.0. The quantitative estimate of drug-likeness (QED) is 0.782. The van der Waals surface area contributed by atoms with Crippen molar-refractivity contribution in [1.82, 2.24) is 0 Å². The van der Waals surface area contributed by atoms with Gasteiger partial charge in [-0.25, -0.2) is 13.2 Å². The number of ether oxygens (including phenoxy) is 1. The Morgan fingerprint density at radius 1 is 1.23 bits per heavy atom. The van der Waals surface area contributed by atoms with Gasteiger partial charge in [-0.2, -0.15) is 5.26 Å². The topological polar surface area (TPSA) is 113 Å². The largest absolute Gasteiger partial charge is 0.465 e. The lowest BCUT2D eigenvalue weighted by atomic mass is 10.2. The van der Waals surface area contributed by atoms with Crippen molar-refractivity contribution in [2.24, 2.45) is 0 Å². The average molecular weight is 392 g/mol. The van der Waals surface area contributed by atoms with Gasteiger partial charge in [-0.1, -0.05) is 17.7 Å². The van der Waals surface area contributed by atoms with Gasteiger partial charge in [-0.15, -0.1) is 11.3 Å². The van der Waals surface area contributed by atoms with Crippen LogP contribution in [0.4, 0.5) is 5.00 Å². The normalized spacial score (nSPS) is 10.8. The molecule has 1 aromatic heterocycles. The molecule has 2 aromatic rings. The smallest absolute Gasteiger partial charge is 0.348 e. The molecule has 0 unspecified atom stereocenters. The van der Waals surface area contributed by atoms with Crippen LogP contribution < -0.4 is 5.32 Å². The highest BCUT2D eigenvalue weighted by Crippen LogP contribution is 2.33. The van der Waals surface area contributed by atoms with Crippen LogP contribution in [-0.4, -0.2) is 33.2 Å². The Labute approximate surface area is 155 Å². The molecule has 26 heavy (non-hydrogen) atoms. The van der Waals surface area contributed by atoms with Crippen LogP contribution in [0.5, 0.6) is 0 Å². The summed E-state index contributed by atoms with van der Waals surface area (Å²) in [7, 11) is -2.61. The van der Waals surface area contributed by atoms with E-state index < -0.39 is 27.5 Å². The number of nitrogens with one attached hydrogen (secondary N) is 1. The summed E-state index contributed by atoms with van der Waals surface area (Å²) < 4.78 is 29.3. The van der Waals surface area contributed by atoms with Gasteiger partial charge in [0.15, 0.2) is 9.84 Å². The number of hydrogen-bond acceptors (Lipinski definition) is 7. The summed E-state index contributed by atoms with van der Waals surface area (Å²) in [6.07, 6.45) is 0. The van der Waals surface area contributed by atoms with Gasteiger partial charge in [-0.05, 0) is 31.5 Å². The molecule has 0 aliphatic carbocycles. The van der Waals surface area contributed by atoms with Gasteiger partial charge in [0.25, 0.3) is 0 Å². The van der Waals surface area contributed by atoms with Crippen molar-refractivity contribution >= 4 is 38.1 Å². The van der Waals surface area contributed by atoms with Gasteiger partial charge in [0, 0.05) is 0 Å². The maximum atomic E-state index is 12.3. The highest BCUT2D eigenvalue weighted by Gasteiger charge is 2.24. The van der Waals surface area contributed by atoms with E-state index in [4.69, 9.17) is 0 Å². The summed E-state index contributed by atoms with van der Waals surface area (Å²) in [4.78, 5) is 24.1. The molecule has 0 spiro atoms. The van der Waals surface area contributed by atoms with Crippen molar-refractivity contribution in [1.29, 1.82) is 5.26 Å². The van der Waals surface area contributed by atoms with E-state index in [2.05, 4.69) is 10.1 Å². The summed E-state index contributed by atoms with van der Waals surface area (Å²) in [6.45, 7) is 3.38. The lowest BCUT2D eigenvalue weighted by Gasteiger charge is -2.06. The molecule has 0 bridgehead atoms. The van der Waals surface area contributed by atoms with E-state index in [1.807, 2.05) is 13.0 Å². The Balaban J connectivity index is 2.24. The zero-order chi connectivity index (χ0) is 19.5. The van der Waals surface area contributed by atoms with Gasteiger partial charge in [0.2, 0.25) is 5.91 Å². The predicted molar refractivity (Wildman–Crippen MR) is 97.0 cm³/mol. The Morgan fingerprint density at radius 2 is 1.85 bits per heavy atom. The number of benzene rings is 1. The standard InChI is InChI=1S/C17H16N2O5S2/c1-10-4-6-12(7-5-10)26(22,23)9-14(20)19-16-13(8-18)11(2)15(25-16)17(21)24-3/h4-7H,9H2,1-3H3,(H,19,20). The molecule has 0 saturated heterocycles. The van der Waals surface area contributed by atoms with Crippen LogP contribution in [0.1, 0.15) is 26.4 Å². The molecule has 0 saturated carbocycles. The summed E-state index contributed by atoms with van der Waals surface area (Å²) >= 11 is 0.872. The van der Waals surface area contributed by atoms with Gasteiger partial charge >= 0.3 is 5.97 Å². The molecule has 1 N–H and O–H groups in total. The van der Waals surface area contributed by atoms with E-state index in [0.29, 0.717) is 5.56 Å². The molecule has 2 rings (SSSR count). The lowest BCUT2D eigenvalue weighted by molar-refractivity contribution is -0.113. The van der Waals surface area contributed by atoms with Crippen molar-refractivity contribution in [3.05, 3.63) is 45.8 Å². The van der Waals surface area contributed by atoms with Crippen LogP contribution in [0.3, 0.4) is 0 Å². The highest BCUT2D eigenvalue weighted by atomic mass is 32.2. The van der Waals surface area contributed by atoms with Gasteiger partial charge in [0.05, 0.1) is 17.6 Å². The fourth-order valence-electron chi connectivity index (χ4n) is 2.19. The van der Waals surface area contributed by atoms with Crippen LogP contribution in [-0.2, 0) is 19.4 Å². The molecule has 1 heterocycles. The number of nitriles is 1. The number of sulfone groups is 1. The van der Waals surface area contributed by atoms with E-state index in [9.17, 15) is 23.3 Å². The van der Waals surface area contributed by atoms with Crippen LogP contribution in [0, 0.1) is 25.2 Å². The number of amides is 1. The van der Waals surface area contributed by atoms with E-state index in [1.165, 1.54) is 19.2 Å². The zero-order valence-electron chi connectivity index (χ0n) is 14.3. The molecule has 7 nitrogen and oxygen atoms in total. The summed E-state index contributed by atoms with van der Waals surface area (Å²) in [5.41, 5.74) is 1.38. The van der Waals surface area contributed by atoms with Crippen LogP contribution >= 0.6 is 11.3 Å². The van der Waals surface area contributed by atoms with Crippen molar-refractivity contribution in [3.8, 4) is 6.07 Å². The molecule has 1 amide bonds. The fourth-order valence-corrected chi connectivity index (χ4v) is 4.41. The first-order chi connectivity index (χ1) is 12.2. The maximum absolute atomic E-state index is 12.3. The molecule has 0 aliphatic rings. The molecule has 0 fully saturated rings. The Bertz CT molecular complexity index is 999. The summed E-state index contributed by atoms with van der Waals surface area (Å²) in [6, 6.07) is 8.06. The first-order valence-electron chi connectivity index (χ1n) is 7.40. The second kappa shape index (κ2) is 7.68. The van der Waals surface area contributed by atoms with E-state index in [-0.39, 0.29) is 20.3 Å². The SMILES string of the molecule is COC(=O)c1sc(NC(=O)CS(=O)(=O)c2ccc(C)cc2)c(C#N)c1C. The number of nitrogens with zero attached hydrogens (tertiary/aromatic N) is 1. The van der Waals surface area contributed by atoms with E-state index in [0.717, 1.165) is 16.9 Å². The minimum atomic E-state index is -3.82. The molecule has 0 atom stereocenters. The minimum Gasteiger partial charge on any atom is -0.465 e. The van der Waals surface area contributed by atoms with Crippen molar-refractivity contribution in [3.63, 3.8) is 0 Å². The lowest BCUT2D eigenvalue weighted by Crippen LogP contribution is -2.23. The van der Waals surface area contributed by atoms with E-state index >= 15 is 0 Å². The van der Waals surface area contributed by atoms with Crippen LogP contribution in [0.25, 0.3) is 0 Å². The average Bonchev–Trinajstić information content (AvgIpc) is 2.89. The number of methoxy groups -OCH3 is 1. The Morgan fingerprint density at radius 3 is 2.38 bits per heavy atom.